The van der Waals surface area contributed by atoms with Crippen molar-refractivity contribution in [3.63, 3.8) is 0 Å². The van der Waals surface area contributed by atoms with E-state index in [9.17, 15) is 0 Å². The van der Waals surface area contributed by atoms with Crippen LogP contribution < -0.4 is 15.4 Å². The standard InChI is InChI=1S/C47H36N2O/c48-46-31-26-40-20-21-41(32-45(40)47(46)50-33-34-16-18-37(19-17-34)35-10-4-1-5-11-35)39-24-29-44(30-25-39)49(42-14-8-3-9-15-42)43-27-22-38(23-28-43)36-12-6-2-7-13-36/h1-32H,33,48H2. The Kier molecular flexibility index (Phi) is 8.53. The zero-order valence-electron chi connectivity index (χ0n) is 27.6. The van der Waals surface area contributed by atoms with Crippen LogP contribution in [-0.4, -0.2) is 0 Å². The maximum atomic E-state index is 6.52. The second-order valence-electron chi connectivity index (χ2n) is 12.4. The molecule has 8 rings (SSSR count). The minimum absolute atomic E-state index is 0.430. The van der Waals surface area contributed by atoms with Crippen LogP contribution in [0.2, 0.25) is 0 Å². The molecule has 0 aliphatic carbocycles. The van der Waals surface area contributed by atoms with Gasteiger partial charge in [-0.2, -0.15) is 0 Å². The molecule has 3 nitrogen and oxygen atoms in total. The fraction of sp³-hybridized carbons (Fsp3) is 0.0213. The van der Waals surface area contributed by atoms with E-state index < -0.39 is 0 Å². The van der Waals surface area contributed by atoms with Crippen LogP contribution in [0.5, 0.6) is 5.75 Å². The smallest absolute Gasteiger partial charge is 0.150 e. The Hall–Kier alpha value is -6.58. The molecular weight excluding hydrogens is 609 g/mol. The summed E-state index contributed by atoms with van der Waals surface area (Å²) in [4.78, 5) is 2.29. The highest BCUT2D eigenvalue weighted by atomic mass is 16.5. The highest BCUT2D eigenvalue weighted by Crippen LogP contribution is 2.39. The van der Waals surface area contributed by atoms with Crippen molar-refractivity contribution in [3.05, 3.63) is 200 Å². The molecule has 8 aromatic rings. The van der Waals surface area contributed by atoms with E-state index in [-0.39, 0.29) is 0 Å². The zero-order chi connectivity index (χ0) is 33.7. The van der Waals surface area contributed by atoms with Gasteiger partial charge in [0.25, 0.3) is 0 Å². The molecule has 2 N–H and O–H groups in total. The minimum Gasteiger partial charge on any atom is -0.486 e. The molecule has 0 aliphatic heterocycles. The summed E-state index contributed by atoms with van der Waals surface area (Å²) in [5.74, 6) is 0.710. The molecule has 0 fully saturated rings. The summed E-state index contributed by atoms with van der Waals surface area (Å²) in [6.45, 7) is 0.430. The molecule has 0 bridgehead atoms. The molecule has 3 heteroatoms. The number of fused-ring (bicyclic) bond motifs is 1. The number of ether oxygens (including phenoxy) is 1. The third-order valence-electron chi connectivity index (χ3n) is 9.15. The van der Waals surface area contributed by atoms with Crippen LogP contribution in [0.3, 0.4) is 0 Å². The third kappa shape index (κ3) is 6.45. The molecule has 0 aliphatic rings. The predicted octanol–water partition coefficient (Wildman–Crippen LogP) is 12.5. The van der Waals surface area contributed by atoms with Crippen molar-refractivity contribution >= 4 is 33.5 Å². The lowest BCUT2D eigenvalue weighted by molar-refractivity contribution is 0.312. The maximum absolute atomic E-state index is 6.52. The van der Waals surface area contributed by atoms with E-state index in [0.29, 0.717) is 18.0 Å². The lowest BCUT2D eigenvalue weighted by Gasteiger charge is -2.26. The first kappa shape index (κ1) is 30.7. The molecule has 240 valence electrons. The predicted molar refractivity (Wildman–Crippen MR) is 210 cm³/mol. The molecule has 0 aromatic heterocycles. The summed E-state index contributed by atoms with van der Waals surface area (Å²) >= 11 is 0. The lowest BCUT2D eigenvalue weighted by Crippen LogP contribution is -2.09. The normalized spacial score (nSPS) is 11.0. The van der Waals surface area contributed by atoms with Gasteiger partial charge in [-0.05, 0) is 92.9 Å². The topological polar surface area (TPSA) is 38.5 Å². The minimum atomic E-state index is 0.430. The zero-order valence-corrected chi connectivity index (χ0v) is 27.6. The highest BCUT2D eigenvalue weighted by molar-refractivity contribution is 5.96. The first-order chi connectivity index (χ1) is 24.7. The Morgan fingerprint density at radius 3 is 1.38 bits per heavy atom. The van der Waals surface area contributed by atoms with E-state index >= 15 is 0 Å². The van der Waals surface area contributed by atoms with Gasteiger partial charge in [-0.1, -0.05) is 146 Å². The van der Waals surface area contributed by atoms with Gasteiger partial charge in [0.2, 0.25) is 0 Å². The molecule has 0 radical (unpaired) electrons. The van der Waals surface area contributed by atoms with Crippen LogP contribution in [0.15, 0.2) is 194 Å². The van der Waals surface area contributed by atoms with Gasteiger partial charge in [-0.3, -0.25) is 0 Å². The quantitative estimate of drug-likeness (QED) is 0.159. The van der Waals surface area contributed by atoms with E-state index in [4.69, 9.17) is 10.5 Å². The van der Waals surface area contributed by atoms with Crippen molar-refractivity contribution in [1.29, 1.82) is 0 Å². The largest absolute Gasteiger partial charge is 0.486 e. The summed E-state index contributed by atoms with van der Waals surface area (Å²) in [5, 5.41) is 2.08. The second-order valence-corrected chi connectivity index (χ2v) is 12.4. The van der Waals surface area contributed by atoms with Crippen LogP contribution in [0, 0.1) is 0 Å². The molecule has 50 heavy (non-hydrogen) atoms. The van der Waals surface area contributed by atoms with Crippen molar-refractivity contribution in [2.45, 2.75) is 6.61 Å². The number of nitrogens with zero attached hydrogens (tertiary/aromatic N) is 1. The molecule has 0 spiro atoms. The number of nitrogens with two attached hydrogens (primary N) is 1. The first-order valence-electron chi connectivity index (χ1n) is 16.9. The van der Waals surface area contributed by atoms with E-state index in [1.165, 1.54) is 22.3 Å². The number of hydrogen-bond acceptors (Lipinski definition) is 3. The van der Waals surface area contributed by atoms with Gasteiger partial charge in [0.15, 0.2) is 5.75 Å². The van der Waals surface area contributed by atoms with E-state index in [2.05, 4.69) is 181 Å². The van der Waals surface area contributed by atoms with Crippen molar-refractivity contribution in [2.24, 2.45) is 0 Å². The molecule has 0 saturated carbocycles. The summed E-state index contributed by atoms with van der Waals surface area (Å²) in [6.07, 6.45) is 0. The van der Waals surface area contributed by atoms with E-state index in [1.54, 1.807) is 0 Å². The Balaban J connectivity index is 1.06. The number of para-hydroxylation sites is 1. The van der Waals surface area contributed by atoms with Crippen molar-refractivity contribution in [2.75, 3.05) is 10.6 Å². The van der Waals surface area contributed by atoms with Gasteiger partial charge in [0.1, 0.15) is 6.61 Å². The lowest BCUT2D eigenvalue weighted by atomic mass is 9.99. The Bertz CT molecular complexity index is 2340. The fourth-order valence-electron chi connectivity index (χ4n) is 6.49. The van der Waals surface area contributed by atoms with E-state index in [1.807, 2.05) is 18.2 Å². The first-order valence-corrected chi connectivity index (χ1v) is 16.9. The Morgan fingerprint density at radius 2 is 0.820 bits per heavy atom. The Labute approximate surface area is 293 Å². The number of benzene rings is 8. The highest BCUT2D eigenvalue weighted by Gasteiger charge is 2.14. The molecule has 0 unspecified atom stereocenters. The molecule has 0 atom stereocenters. The molecule has 8 aromatic carbocycles. The van der Waals surface area contributed by atoms with Crippen molar-refractivity contribution in [3.8, 4) is 39.1 Å². The summed E-state index contributed by atoms with van der Waals surface area (Å²) in [7, 11) is 0. The number of nitrogen functional groups attached to an aromatic ring is 1. The van der Waals surface area contributed by atoms with Crippen molar-refractivity contribution in [1.82, 2.24) is 0 Å². The van der Waals surface area contributed by atoms with Gasteiger partial charge in [0, 0.05) is 22.4 Å². The van der Waals surface area contributed by atoms with Crippen LogP contribution >= 0.6 is 0 Å². The average molecular weight is 645 g/mol. The monoisotopic (exact) mass is 644 g/mol. The number of anilines is 4. The van der Waals surface area contributed by atoms with Crippen LogP contribution in [0.4, 0.5) is 22.7 Å². The molecule has 0 saturated heterocycles. The summed E-state index contributed by atoms with van der Waals surface area (Å²) in [5.41, 5.74) is 18.5. The molecule has 0 heterocycles. The van der Waals surface area contributed by atoms with Gasteiger partial charge in [-0.25, -0.2) is 0 Å². The summed E-state index contributed by atoms with van der Waals surface area (Å²) < 4.78 is 6.43. The van der Waals surface area contributed by atoms with Gasteiger partial charge in [0.05, 0.1) is 5.69 Å². The van der Waals surface area contributed by atoms with Crippen LogP contribution in [0.1, 0.15) is 5.56 Å². The second kappa shape index (κ2) is 13.9. The van der Waals surface area contributed by atoms with E-state index in [0.717, 1.165) is 44.5 Å². The Morgan fingerprint density at radius 1 is 0.400 bits per heavy atom. The SMILES string of the molecule is Nc1ccc2ccc(-c3ccc(N(c4ccccc4)c4ccc(-c5ccccc5)cc4)cc3)cc2c1OCc1ccc(-c2ccccc2)cc1. The van der Waals surface area contributed by atoms with Gasteiger partial charge < -0.3 is 15.4 Å². The molecule has 0 amide bonds. The van der Waals surface area contributed by atoms with Crippen LogP contribution in [-0.2, 0) is 6.61 Å². The van der Waals surface area contributed by atoms with Gasteiger partial charge in [-0.15, -0.1) is 0 Å². The average Bonchev–Trinajstić information content (AvgIpc) is 3.19. The summed E-state index contributed by atoms with van der Waals surface area (Å²) in [6, 6.07) is 67.9. The number of rotatable bonds is 9. The molecular formula is C47H36N2O. The number of hydrogen-bond donors (Lipinski definition) is 1. The maximum Gasteiger partial charge on any atom is 0.150 e. The van der Waals surface area contributed by atoms with Crippen molar-refractivity contribution < 1.29 is 4.74 Å². The van der Waals surface area contributed by atoms with Gasteiger partial charge >= 0.3 is 0 Å². The fourth-order valence-corrected chi connectivity index (χ4v) is 6.49. The third-order valence-corrected chi connectivity index (χ3v) is 9.15. The van der Waals surface area contributed by atoms with Crippen LogP contribution in [0.25, 0.3) is 44.2 Å².